The van der Waals surface area contributed by atoms with E-state index in [0.717, 1.165) is 16.8 Å². The Balaban J connectivity index is 1.66. The van der Waals surface area contributed by atoms with Crippen LogP contribution in [-0.4, -0.2) is 13.1 Å². The molecule has 1 aliphatic heterocycles. The smallest absolute Gasteiger partial charge is 0.123 e. The van der Waals surface area contributed by atoms with Gasteiger partial charge in [-0.3, -0.25) is 0 Å². The minimum Gasteiger partial charge on any atom is -0.366 e. The van der Waals surface area contributed by atoms with Gasteiger partial charge >= 0.3 is 0 Å². The first-order valence-corrected chi connectivity index (χ1v) is 9.51. The molecule has 138 valence electrons. The van der Waals surface area contributed by atoms with E-state index in [9.17, 15) is 4.39 Å². The van der Waals surface area contributed by atoms with Gasteiger partial charge < -0.3 is 9.64 Å². The Hall–Kier alpha value is -2.07. The molecule has 0 N–H and O–H groups in total. The lowest BCUT2D eigenvalue weighted by molar-refractivity contribution is -0.0293. The zero-order valence-corrected chi connectivity index (χ0v) is 16.0. The van der Waals surface area contributed by atoms with Gasteiger partial charge in [0.25, 0.3) is 0 Å². The van der Waals surface area contributed by atoms with Crippen LogP contribution >= 0.6 is 23.2 Å². The highest BCUT2D eigenvalue weighted by molar-refractivity contribution is 6.30. The van der Waals surface area contributed by atoms with Crippen molar-refractivity contribution in [1.82, 2.24) is 0 Å². The Kier molecular flexibility index (Phi) is 5.35. The van der Waals surface area contributed by atoms with Crippen molar-refractivity contribution in [3.63, 3.8) is 0 Å². The highest BCUT2D eigenvalue weighted by atomic mass is 35.5. The zero-order valence-electron chi connectivity index (χ0n) is 14.5. The van der Waals surface area contributed by atoms with Crippen LogP contribution in [0.3, 0.4) is 0 Å². The van der Waals surface area contributed by atoms with Crippen LogP contribution in [0.2, 0.25) is 10.0 Å². The average molecular weight is 402 g/mol. The van der Waals surface area contributed by atoms with Gasteiger partial charge in [0.2, 0.25) is 0 Å². The Morgan fingerprint density at radius 3 is 1.59 bits per heavy atom. The maximum Gasteiger partial charge on any atom is 0.123 e. The van der Waals surface area contributed by atoms with Crippen LogP contribution in [0.5, 0.6) is 0 Å². The van der Waals surface area contributed by atoms with Crippen LogP contribution in [0.25, 0.3) is 0 Å². The van der Waals surface area contributed by atoms with Crippen molar-refractivity contribution < 1.29 is 9.13 Å². The molecule has 0 spiro atoms. The summed E-state index contributed by atoms with van der Waals surface area (Å²) in [6.45, 7) is 1.36. The first-order valence-electron chi connectivity index (χ1n) is 8.75. The van der Waals surface area contributed by atoms with E-state index >= 15 is 0 Å². The highest BCUT2D eigenvalue weighted by Crippen LogP contribution is 2.36. The summed E-state index contributed by atoms with van der Waals surface area (Å²) in [7, 11) is 0. The van der Waals surface area contributed by atoms with Crippen LogP contribution in [0.15, 0.2) is 72.8 Å². The van der Waals surface area contributed by atoms with Gasteiger partial charge in [0.05, 0.1) is 0 Å². The van der Waals surface area contributed by atoms with Crippen molar-refractivity contribution in [3.05, 3.63) is 99.8 Å². The molecule has 0 unspecified atom stereocenters. The van der Waals surface area contributed by atoms with Gasteiger partial charge in [-0.25, -0.2) is 4.39 Å². The predicted molar refractivity (Wildman–Crippen MR) is 108 cm³/mol. The summed E-state index contributed by atoms with van der Waals surface area (Å²) in [4.78, 5) is 2.22. The van der Waals surface area contributed by atoms with E-state index in [1.807, 2.05) is 48.5 Å². The topological polar surface area (TPSA) is 12.5 Å². The summed E-state index contributed by atoms with van der Waals surface area (Å²) >= 11 is 12.1. The molecular weight excluding hydrogens is 384 g/mol. The Morgan fingerprint density at radius 1 is 0.704 bits per heavy atom. The van der Waals surface area contributed by atoms with Gasteiger partial charge in [-0.05, 0) is 59.7 Å². The molecule has 1 saturated heterocycles. The van der Waals surface area contributed by atoms with Crippen molar-refractivity contribution >= 4 is 28.9 Å². The van der Waals surface area contributed by atoms with E-state index < -0.39 is 0 Å². The predicted octanol–water partition coefficient (Wildman–Crippen LogP) is 6.45. The van der Waals surface area contributed by atoms with E-state index in [2.05, 4.69) is 4.90 Å². The molecule has 5 heteroatoms. The van der Waals surface area contributed by atoms with Gasteiger partial charge in [-0.1, -0.05) is 47.5 Å². The summed E-state index contributed by atoms with van der Waals surface area (Å²) in [5, 5.41) is 1.39. The molecule has 1 heterocycles. The molecule has 0 aliphatic carbocycles. The fourth-order valence-electron chi connectivity index (χ4n) is 3.34. The third-order valence-electron chi connectivity index (χ3n) is 4.78. The maximum absolute atomic E-state index is 13.3. The average Bonchev–Trinajstić information content (AvgIpc) is 2.69. The van der Waals surface area contributed by atoms with E-state index in [1.54, 1.807) is 12.1 Å². The lowest BCUT2D eigenvalue weighted by Gasteiger charge is -2.40. The fourth-order valence-corrected chi connectivity index (χ4v) is 3.60. The second-order valence-corrected chi connectivity index (χ2v) is 7.47. The highest BCUT2D eigenvalue weighted by Gasteiger charge is 2.30. The Morgan fingerprint density at radius 2 is 1.15 bits per heavy atom. The summed E-state index contributed by atoms with van der Waals surface area (Å²) in [5.41, 5.74) is 3.09. The Bertz CT molecular complexity index is 769. The van der Waals surface area contributed by atoms with Crippen LogP contribution in [0.1, 0.15) is 23.3 Å². The molecule has 2 nitrogen and oxygen atoms in total. The van der Waals surface area contributed by atoms with Crippen molar-refractivity contribution in [2.24, 2.45) is 0 Å². The van der Waals surface area contributed by atoms with Gasteiger partial charge in [-0.2, -0.15) is 0 Å². The van der Waals surface area contributed by atoms with E-state index in [-0.39, 0.29) is 18.0 Å². The van der Waals surface area contributed by atoms with Gasteiger partial charge in [-0.15, -0.1) is 0 Å². The van der Waals surface area contributed by atoms with Crippen molar-refractivity contribution in [2.75, 3.05) is 18.0 Å². The van der Waals surface area contributed by atoms with E-state index in [0.29, 0.717) is 23.1 Å². The third kappa shape index (κ3) is 4.27. The maximum atomic E-state index is 13.3. The molecule has 0 aromatic heterocycles. The first kappa shape index (κ1) is 18.3. The molecule has 3 aromatic carbocycles. The molecule has 0 bridgehead atoms. The lowest BCUT2D eigenvalue weighted by Crippen LogP contribution is -2.40. The second kappa shape index (κ2) is 7.89. The molecule has 0 amide bonds. The van der Waals surface area contributed by atoms with E-state index in [4.69, 9.17) is 27.9 Å². The van der Waals surface area contributed by atoms with Gasteiger partial charge in [0, 0.05) is 28.8 Å². The molecular formula is C22H18Cl2FNO. The SMILES string of the molecule is Fc1ccc(N2C[C@@H](c3ccc(Cl)cc3)O[C@@H](c3ccc(Cl)cc3)C2)cc1. The summed E-state index contributed by atoms with van der Waals surface area (Å²) < 4.78 is 19.8. The number of halogens is 3. The normalized spacial score (nSPS) is 19.9. The third-order valence-corrected chi connectivity index (χ3v) is 5.28. The molecule has 1 fully saturated rings. The van der Waals surface area contributed by atoms with Gasteiger partial charge in [0.15, 0.2) is 0 Å². The standard InChI is InChI=1S/C22H18Cl2FNO/c23-17-5-1-15(2-6-17)21-13-26(20-11-9-19(25)10-12-20)14-22(27-21)16-3-7-18(24)8-4-16/h1-12,21-22H,13-14H2/t21-,22+. The molecule has 4 rings (SSSR count). The zero-order chi connectivity index (χ0) is 18.8. The van der Waals surface area contributed by atoms with Gasteiger partial charge in [0.1, 0.15) is 18.0 Å². The summed E-state index contributed by atoms with van der Waals surface area (Å²) in [6.07, 6.45) is -0.247. The molecule has 1 aliphatic rings. The number of benzene rings is 3. The number of rotatable bonds is 3. The molecule has 0 radical (unpaired) electrons. The first-order chi connectivity index (χ1) is 13.1. The number of hydrogen-bond acceptors (Lipinski definition) is 2. The number of hydrogen-bond donors (Lipinski definition) is 0. The number of nitrogens with zero attached hydrogens (tertiary/aromatic N) is 1. The fraction of sp³-hybridized carbons (Fsp3) is 0.182. The Labute approximate surface area is 168 Å². The molecule has 27 heavy (non-hydrogen) atoms. The lowest BCUT2D eigenvalue weighted by atomic mass is 10.0. The quantitative estimate of drug-likeness (QED) is 0.499. The van der Waals surface area contributed by atoms with Crippen LogP contribution in [0.4, 0.5) is 10.1 Å². The van der Waals surface area contributed by atoms with E-state index in [1.165, 1.54) is 12.1 Å². The largest absolute Gasteiger partial charge is 0.366 e. The molecule has 2 atom stereocenters. The number of anilines is 1. The van der Waals surface area contributed by atoms with Crippen molar-refractivity contribution in [3.8, 4) is 0 Å². The number of morpholine rings is 1. The minimum absolute atomic E-state index is 0.123. The van der Waals surface area contributed by atoms with Crippen LogP contribution in [-0.2, 0) is 4.74 Å². The van der Waals surface area contributed by atoms with Crippen LogP contribution < -0.4 is 4.90 Å². The molecule has 0 saturated carbocycles. The second-order valence-electron chi connectivity index (χ2n) is 6.60. The minimum atomic E-state index is -0.240. The number of ether oxygens (including phenoxy) is 1. The summed E-state index contributed by atoms with van der Waals surface area (Å²) in [5.74, 6) is -0.240. The van der Waals surface area contributed by atoms with Crippen molar-refractivity contribution in [1.29, 1.82) is 0 Å². The molecule has 3 aromatic rings. The monoisotopic (exact) mass is 401 g/mol. The summed E-state index contributed by atoms with van der Waals surface area (Å²) in [6, 6.07) is 22.0. The van der Waals surface area contributed by atoms with Crippen LogP contribution in [0, 0.1) is 5.82 Å². The van der Waals surface area contributed by atoms with Crippen molar-refractivity contribution in [2.45, 2.75) is 12.2 Å².